The van der Waals surface area contributed by atoms with E-state index in [1.54, 1.807) is 0 Å². The van der Waals surface area contributed by atoms with Gasteiger partial charge in [0.25, 0.3) is 0 Å². The summed E-state index contributed by atoms with van der Waals surface area (Å²) >= 11 is 5.61. The van der Waals surface area contributed by atoms with E-state index in [1.807, 2.05) is 54.6 Å². The highest BCUT2D eigenvalue weighted by Gasteiger charge is 2.14. The first kappa shape index (κ1) is 16.8. The number of benzene rings is 2. The monoisotopic (exact) mass is 341 g/mol. The van der Waals surface area contributed by atoms with Crippen molar-refractivity contribution in [2.45, 2.75) is 19.3 Å². The largest absolute Gasteiger partial charge is 0.490 e. The standard InChI is InChI=1S/C20H23NO2S/c24-20(21-13-5-2-6-14-21)17-9-11-19(12-10-17)23-16-15-22-18-7-3-1-4-8-18/h1,3-4,7-12H,2,5-6,13-16H2. The molecule has 0 atom stereocenters. The van der Waals surface area contributed by atoms with Crippen molar-refractivity contribution >= 4 is 17.2 Å². The van der Waals surface area contributed by atoms with Gasteiger partial charge < -0.3 is 14.4 Å². The van der Waals surface area contributed by atoms with E-state index in [1.165, 1.54) is 19.3 Å². The number of ether oxygens (including phenoxy) is 2. The van der Waals surface area contributed by atoms with Crippen LogP contribution in [-0.4, -0.2) is 36.2 Å². The summed E-state index contributed by atoms with van der Waals surface area (Å²) in [5, 5.41) is 0. The second-order valence-corrected chi connectivity index (χ2v) is 6.27. The first-order valence-electron chi connectivity index (χ1n) is 8.53. The average molecular weight is 341 g/mol. The maximum atomic E-state index is 5.73. The van der Waals surface area contributed by atoms with Crippen LogP contribution in [0, 0.1) is 0 Å². The van der Waals surface area contributed by atoms with Gasteiger partial charge in [-0.25, -0.2) is 0 Å². The molecule has 0 radical (unpaired) electrons. The Labute approximate surface area is 149 Å². The lowest BCUT2D eigenvalue weighted by atomic mass is 10.1. The molecule has 0 bridgehead atoms. The molecule has 1 saturated heterocycles. The topological polar surface area (TPSA) is 21.7 Å². The minimum Gasteiger partial charge on any atom is -0.490 e. The van der Waals surface area contributed by atoms with Crippen LogP contribution in [0.2, 0.25) is 0 Å². The summed E-state index contributed by atoms with van der Waals surface area (Å²) < 4.78 is 11.3. The molecule has 24 heavy (non-hydrogen) atoms. The molecule has 2 aromatic rings. The first-order valence-corrected chi connectivity index (χ1v) is 8.94. The van der Waals surface area contributed by atoms with E-state index in [2.05, 4.69) is 4.90 Å². The van der Waals surface area contributed by atoms with Crippen molar-refractivity contribution in [1.82, 2.24) is 4.90 Å². The van der Waals surface area contributed by atoms with Gasteiger partial charge in [0.2, 0.25) is 0 Å². The Morgan fingerprint density at radius 3 is 2.00 bits per heavy atom. The van der Waals surface area contributed by atoms with Gasteiger partial charge in [-0.2, -0.15) is 0 Å². The lowest BCUT2D eigenvalue weighted by molar-refractivity contribution is 0.217. The SMILES string of the molecule is S=C(c1ccc(OCCOc2ccccc2)cc1)N1CCCCC1. The molecule has 2 aromatic carbocycles. The fourth-order valence-corrected chi connectivity index (χ4v) is 3.13. The van der Waals surface area contributed by atoms with Crippen LogP contribution in [0.25, 0.3) is 0 Å². The smallest absolute Gasteiger partial charge is 0.122 e. The summed E-state index contributed by atoms with van der Waals surface area (Å²) in [7, 11) is 0. The molecule has 1 fully saturated rings. The molecule has 3 nitrogen and oxygen atoms in total. The number of thiocarbonyl (C=S) groups is 1. The van der Waals surface area contributed by atoms with Gasteiger partial charge in [0.1, 0.15) is 29.7 Å². The number of hydrogen-bond donors (Lipinski definition) is 0. The van der Waals surface area contributed by atoms with Crippen molar-refractivity contribution in [3.63, 3.8) is 0 Å². The molecule has 3 rings (SSSR count). The van der Waals surface area contributed by atoms with Crippen LogP contribution in [0.1, 0.15) is 24.8 Å². The van der Waals surface area contributed by atoms with Crippen molar-refractivity contribution in [3.05, 3.63) is 60.2 Å². The van der Waals surface area contributed by atoms with Gasteiger partial charge in [-0.05, 0) is 55.7 Å². The molecule has 0 unspecified atom stereocenters. The molecular formula is C20H23NO2S. The molecule has 1 aliphatic heterocycles. The maximum absolute atomic E-state index is 5.73. The molecule has 0 aliphatic carbocycles. The van der Waals surface area contributed by atoms with Gasteiger partial charge in [-0.3, -0.25) is 0 Å². The first-order chi connectivity index (χ1) is 11.8. The lowest BCUT2D eigenvalue weighted by Gasteiger charge is -2.29. The van der Waals surface area contributed by atoms with Crippen LogP contribution in [0.3, 0.4) is 0 Å². The lowest BCUT2D eigenvalue weighted by Crippen LogP contribution is -2.34. The third kappa shape index (κ3) is 4.71. The van der Waals surface area contributed by atoms with E-state index in [0.29, 0.717) is 13.2 Å². The third-order valence-electron chi connectivity index (χ3n) is 4.11. The third-order valence-corrected chi connectivity index (χ3v) is 4.60. The van der Waals surface area contributed by atoms with Crippen LogP contribution < -0.4 is 9.47 Å². The summed E-state index contributed by atoms with van der Waals surface area (Å²) in [6, 6.07) is 17.8. The zero-order valence-electron chi connectivity index (χ0n) is 13.8. The molecule has 0 saturated carbocycles. The van der Waals surface area contributed by atoms with Crippen molar-refractivity contribution in [1.29, 1.82) is 0 Å². The van der Waals surface area contributed by atoms with Gasteiger partial charge in [-0.15, -0.1) is 0 Å². The molecule has 1 aliphatic rings. The highest BCUT2D eigenvalue weighted by molar-refractivity contribution is 7.80. The number of piperidine rings is 1. The Morgan fingerprint density at radius 2 is 1.38 bits per heavy atom. The van der Waals surface area contributed by atoms with Crippen LogP contribution >= 0.6 is 12.2 Å². The zero-order valence-corrected chi connectivity index (χ0v) is 14.6. The number of likely N-dealkylation sites (tertiary alicyclic amines) is 1. The molecule has 0 N–H and O–H groups in total. The van der Waals surface area contributed by atoms with Gasteiger partial charge in [-0.1, -0.05) is 30.4 Å². The second kappa shape index (κ2) is 8.69. The Bertz CT molecular complexity index is 636. The number of hydrogen-bond acceptors (Lipinski definition) is 3. The molecular weight excluding hydrogens is 318 g/mol. The van der Waals surface area contributed by atoms with E-state index in [4.69, 9.17) is 21.7 Å². The molecule has 0 aromatic heterocycles. The van der Waals surface area contributed by atoms with Crippen LogP contribution in [-0.2, 0) is 0 Å². The fourth-order valence-electron chi connectivity index (χ4n) is 2.81. The van der Waals surface area contributed by atoms with Gasteiger partial charge in [0.15, 0.2) is 0 Å². The van der Waals surface area contributed by atoms with E-state index in [-0.39, 0.29) is 0 Å². The van der Waals surface area contributed by atoms with Crippen LogP contribution in [0.5, 0.6) is 11.5 Å². The molecule has 126 valence electrons. The second-order valence-electron chi connectivity index (χ2n) is 5.89. The predicted molar refractivity (Wildman–Crippen MR) is 101 cm³/mol. The Balaban J connectivity index is 1.45. The van der Waals surface area contributed by atoms with Crippen LogP contribution in [0.4, 0.5) is 0 Å². The molecule has 0 spiro atoms. The van der Waals surface area contributed by atoms with Crippen molar-refractivity contribution in [2.24, 2.45) is 0 Å². The summed E-state index contributed by atoms with van der Waals surface area (Å²) in [5.41, 5.74) is 1.10. The van der Waals surface area contributed by atoms with Crippen LogP contribution in [0.15, 0.2) is 54.6 Å². The van der Waals surface area contributed by atoms with Crippen molar-refractivity contribution in [3.8, 4) is 11.5 Å². The Morgan fingerprint density at radius 1 is 0.792 bits per heavy atom. The summed E-state index contributed by atoms with van der Waals surface area (Å²) in [6.07, 6.45) is 3.79. The highest BCUT2D eigenvalue weighted by Crippen LogP contribution is 2.17. The average Bonchev–Trinajstić information content (AvgIpc) is 2.67. The van der Waals surface area contributed by atoms with E-state index < -0.39 is 0 Å². The predicted octanol–water partition coefficient (Wildman–Crippen LogP) is 4.31. The fraction of sp³-hybridized carbons (Fsp3) is 0.350. The Kier molecular flexibility index (Phi) is 6.07. The van der Waals surface area contributed by atoms with E-state index in [9.17, 15) is 0 Å². The molecule has 1 heterocycles. The van der Waals surface area contributed by atoms with E-state index in [0.717, 1.165) is 35.1 Å². The number of para-hydroxylation sites is 1. The minimum absolute atomic E-state index is 0.519. The van der Waals surface area contributed by atoms with Crippen molar-refractivity contribution in [2.75, 3.05) is 26.3 Å². The van der Waals surface area contributed by atoms with Gasteiger partial charge in [0.05, 0.1) is 0 Å². The normalized spacial score (nSPS) is 14.2. The van der Waals surface area contributed by atoms with Gasteiger partial charge in [0, 0.05) is 18.7 Å². The summed E-state index contributed by atoms with van der Waals surface area (Å²) in [4.78, 5) is 3.26. The van der Waals surface area contributed by atoms with Gasteiger partial charge >= 0.3 is 0 Å². The summed E-state index contributed by atoms with van der Waals surface area (Å²) in [5.74, 6) is 1.71. The van der Waals surface area contributed by atoms with E-state index >= 15 is 0 Å². The minimum atomic E-state index is 0.519. The number of rotatable bonds is 6. The molecule has 0 amide bonds. The Hall–Kier alpha value is -2.07. The summed E-state index contributed by atoms with van der Waals surface area (Å²) in [6.45, 7) is 3.20. The maximum Gasteiger partial charge on any atom is 0.122 e. The quantitative estimate of drug-likeness (QED) is 0.577. The number of nitrogens with zero attached hydrogens (tertiary/aromatic N) is 1. The molecule has 4 heteroatoms. The van der Waals surface area contributed by atoms with Crippen molar-refractivity contribution < 1.29 is 9.47 Å². The zero-order chi connectivity index (χ0) is 16.6. The highest BCUT2D eigenvalue weighted by atomic mass is 32.1.